The molecule has 0 aromatic carbocycles. The third-order valence-corrected chi connectivity index (χ3v) is 1.95. The molecule has 0 spiro atoms. The Hall–Kier alpha value is -0.780. The van der Waals surface area contributed by atoms with E-state index < -0.39 is 24.5 Å². The van der Waals surface area contributed by atoms with E-state index in [1.807, 2.05) is 6.92 Å². The molecular weight excluding hydrogens is 209 g/mol. The Balaban J connectivity index is 3.84. The first kappa shape index (κ1) is 14.2. The molecule has 0 fully saturated rings. The molecule has 0 aliphatic carbocycles. The number of nitrogens with one attached hydrogen (secondary N) is 1. The number of nitrogens with two attached hydrogens (primary N) is 1. The van der Waals surface area contributed by atoms with Crippen molar-refractivity contribution in [2.45, 2.75) is 32.4 Å². The third-order valence-electron chi connectivity index (χ3n) is 1.95. The molecule has 0 radical (unpaired) electrons. The van der Waals surface area contributed by atoms with Crippen molar-refractivity contribution in [2.24, 2.45) is 11.7 Å². The van der Waals surface area contributed by atoms with Crippen LogP contribution in [-0.2, 0) is 4.74 Å². The van der Waals surface area contributed by atoms with Crippen LogP contribution in [0.25, 0.3) is 0 Å². The number of unbranched alkanes of at least 4 members (excludes halogenated alkanes) is 2. The highest BCUT2D eigenvalue weighted by atomic mass is 19.4. The Kier molecular flexibility index (Phi) is 6.31. The van der Waals surface area contributed by atoms with Gasteiger partial charge in [0.15, 0.2) is 0 Å². The predicted molar refractivity (Wildman–Crippen MR) is 51.8 cm³/mol. The zero-order valence-electron chi connectivity index (χ0n) is 8.73. The molecule has 3 N–H and O–H groups in total. The van der Waals surface area contributed by atoms with Gasteiger partial charge in [0.2, 0.25) is 0 Å². The van der Waals surface area contributed by atoms with Crippen LogP contribution in [0.4, 0.5) is 13.2 Å². The quantitative estimate of drug-likeness (QED) is 0.397. The Morgan fingerprint density at radius 3 is 2.40 bits per heavy atom. The lowest BCUT2D eigenvalue weighted by Crippen LogP contribution is -2.38. The van der Waals surface area contributed by atoms with Crippen molar-refractivity contribution >= 4 is 5.84 Å². The molecule has 0 aromatic rings. The number of ether oxygens (including phenoxy) is 1. The molecule has 0 amide bonds. The molecule has 1 unspecified atom stereocenters. The van der Waals surface area contributed by atoms with Crippen molar-refractivity contribution in [3.8, 4) is 0 Å². The van der Waals surface area contributed by atoms with Gasteiger partial charge in [0, 0.05) is 6.61 Å². The minimum absolute atomic E-state index is 0.285. The molecule has 0 aliphatic heterocycles. The Morgan fingerprint density at radius 2 is 2.00 bits per heavy atom. The molecular formula is C9H17F3N2O. The van der Waals surface area contributed by atoms with Gasteiger partial charge in [0.05, 0.1) is 6.61 Å². The van der Waals surface area contributed by atoms with Crippen LogP contribution in [0.5, 0.6) is 0 Å². The van der Waals surface area contributed by atoms with E-state index in [-0.39, 0.29) is 6.61 Å². The van der Waals surface area contributed by atoms with Crippen molar-refractivity contribution in [3.05, 3.63) is 0 Å². The number of hydrogen-bond acceptors (Lipinski definition) is 2. The number of rotatable bonds is 7. The summed E-state index contributed by atoms with van der Waals surface area (Å²) in [6.07, 6.45) is -1.84. The molecule has 90 valence electrons. The van der Waals surface area contributed by atoms with Crippen molar-refractivity contribution in [3.63, 3.8) is 0 Å². The van der Waals surface area contributed by atoms with Gasteiger partial charge in [0.25, 0.3) is 0 Å². The van der Waals surface area contributed by atoms with Crippen molar-refractivity contribution in [1.29, 1.82) is 5.41 Å². The molecule has 6 heteroatoms. The first-order valence-corrected chi connectivity index (χ1v) is 4.88. The van der Waals surface area contributed by atoms with Gasteiger partial charge in [-0.25, -0.2) is 0 Å². The standard InChI is InChI=1S/C9H17F3N2O/c1-2-3-4-5-15-6-7(8(13)14)9(10,11)12/h7H,2-6H2,1H3,(H3,13,14). The second-order valence-corrected chi connectivity index (χ2v) is 3.33. The highest BCUT2D eigenvalue weighted by Crippen LogP contribution is 2.26. The second kappa shape index (κ2) is 6.66. The Morgan fingerprint density at radius 1 is 1.40 bits per heavy atom. The zero-order valence-corrected chi connectivity index (χ0v) is 8.73. The molecule has 3 nitrogen and oxygen atoms in total. The average Bonchev–Trinajstić information content (AvgIpc) is 2.08. The first-order valence-electron chi connectivity index (χ1n) is 4.88. The summed E-state index contributed by atoms with van der Waals surface area (Å²) in [5.74, 6) is -2.86. The lowest BCUT2D eigenvalue weighted by Gasteiger charge is -2.18. The van der Waals surface area contributed by atoms with Crippen LogP contribution in [0.1, 0.15) is 26.2 Å². The normalized spacial score (nSPS) is 13.9. The topological polar surface area (TPSA) is 59.1 Å². The van der Waals surface area contributed by atoms with Gasteiger partial charge in [-0.1, -0.05) is 19.8 Å². The highest BCUT2D eigenvalue weighted by Gasteiger charge is 2.41. The number of alkyl halides is 3. The molecule has 0 bridgehead atoms. The molecule has 0 saturated heterocycles. The third kappa shape index (κ3) is 6.33. The first-order chi connectivity index (χ1) is 6.89. The van der Waals surface area contributed by atoms with E-state index in [0.717, 1.165) is 19.3 Å². The van der Waals surface area contributed by atoms with Gasteiger partial charge in [-0.15, -0.1) is 0 Å². The summed E-state index contributed by atoms with van der Waals surface area (Å²) in [5.41, 5.74) is 4.85. The summed E-state index contributed by atoms with van der Waals surface area (Å²) in [6.45, 7) is 1.73. The molecule has 15 heavy (non-hydrogen) atoms. The fraction of sp³-hybridized carbons (Fsp3) is 0.889. The van der Waals surface area contributed by atoms with Crippen LogP contribution in [0.3, 0.4) is 0 Å². The van der Waals surface area contributed by atoms with Crippen LogP contribution < -0.4 is 5.73 Å². The number of halogens is 3. The monoisotopic (exact) mass is 226 g/mol. The van der Waals surface area contributed by atoms with Gasteiger partial charge < -0.3 is 10.5 Å². The smallest absolute Gasteiger partial charge is 0.387 e. The summed E-state index contributed by atoms with van der Waals surface area (Å²) < 4.78 is 41.6. The van der Waals surface area contributed by atoms with E-state index in [1.165, 1.54) is 0 Å². The van der Waals surface area contributed by atoms with Gasteiger partial charge in [-0.3, -0.25) is 5.41 Å². The fourth-order valence-corrected chi connectivity index (χ4v) is 1.02. The zero-order chi connectivity index (χ0) is 11.9. The molecule has 0 rings (SSSR count). The van der Waals surface area contributed by atoms with E-state index in [0.29, 0.717) is 0 Å². The van der Waals surface area contributed by atoms with Crippen LogP contribution in [0.15, 0.2) is 0 Å². The SMILES string of the molecule is CCCCCOCC(C(=N)N)C(F)(F)F. The van der Waals surface area contributed by atoms with E-state index in [9.17, 15) is 13.2 Å². The van der Waals surface area contributed by atoms with Crippen molar-refractivity contribution < 1.29 is 17.9 Å². The van der Waals surface area contributed by atoms with Crippen molar-refractivity contribution in [2.75, 3.05) is 13.2 Å². The number of amidine groups is 1. The molecule has 1 atom stereocenters. The molecule has 0 aromatic heterocycles. The lowest BCUT2D eigenvalue weighted by atomic mass is 10.1. The average molecular weight is 226 g/mol. The van der Waals surface area contributed by atoms with Crippen LogP contribution in [-0.4, -0.2) is 25.2 Å². The minimum Gasteiger partial charge on any atom is -0.387 e. The molecule has 0 aliphatic rings. The van der Waals surface area contributed by atoms with Gasteiger partial charge in [0.1, 0.15) is 11.8 Å². The largest absolute Gasteiger partial charge is 0.400 e. The number of hydrogen-bond donors (Lipinski definition) is 2. The minimum atomic E-state index is -4.49. The summed E-state index contributed by atoms with van der Waals surface area (Å²) in [4.78, 5) is 0. The summed E-state index contributed by atoms with van der Waals surface area (Å²) in [5, 5.41) is 6.80. The van der Waals surface area contributed by atoms with Crippen LogP contribution >= 0.6 is 0 Å². The van der Waals surface area contributed by atoms with Gasteiger partial charge in [-0.2, -0.15) is 13.2 Å². The van der Waals surface area contributed by atoms with Crippen LogP contribution in [0.2, 0.25) is 0 Å². The van der Waals surface area contributed by atoms with Crippen molar-refractivity contribution in [1.82, 2.24) is 0 Å². The lowest BCUT2D eigenvalue weighted by molar-refractivity contribution is -0.168. The maximum Gasteiger partial charge on any atom is 0.400 e. The van der Waals surface area contributed by atoms with Crippen LogP contribution in [0, 0.1) is 11.3 Å². The van der Waals surface area contributed by atoms with E-state index >= 15 is 0 Å². The molecule has 0 heterocycles. The predicted octanol–water partition coefficient (Wildman–Crippen LogP) is 2.31. The fourth-order valence-electron chi connectivity index (χ4n) is 1.02. The van der Waals surface area contributed by atoms with E-state index in [1.54, 1.807) is 0 Å². The maximum atomic E-state index is 12.2. The summed E-state index contributed by atoms with van der Waals surface area (Å²) in [6, 6.07) is 0. The van der Waals surface area contributed by atoms with Gasteiger partial charge >= 0.3 is 6.18 Å². The van der Waals surface area contributed by atoms with E-state index in [4.69, 9.17) is 15.9 Å². The Bertz CT molecular complexity index is 194. The Labute approximate surface area is 87.3 Å². The van der Waals surface area contributed by atoms with Gasteiger partial charge in [-0.05, 0) is 6.42 Å². The molecule has 0 saturated carbocycles. The maximum absolute atomic E-state index is 12.2. The summed E-state index contributed by atoms with van der Waals surface area (Å²) in [7, 11) is 0. The summed E-state index contributed by atoms with van der Waals surface area (Å²) >= 11 is 0. The highest BCUT2D eigenvalue weighted by molar-refractivity contribution is 5.80. The van der Waals surface area contributed by atoms with E-state index in [2.05, 4.69) is 0 Å². The second-order valence-electron chi connectivity index (χ2n) is 3.33.